The first-order valence-electron chi connectivity index (χ1n) is 9.83. The molecule has 0 unspecified atom stereocenters. The van der Waals surface area contributed by atoms with Gasteiger partial charge in [-0.15, -0.1) is 10.2 Å². The van der Waals surface area contributed by atoms with Gasteiger partial charge in [0.15, 0.2) is 23.3 Å². The summed E-state index contributed by atoms with van der Waals surface area (Å²) < 4.78 is 13.1. The molecule has 2 aliphatic rings. The molecule has 1 aromatic heterocycles. The minimum absolute atomic E-state index is 0.634. The molecule has 2 aliphatic heterocycles. The molecule has 0 bridgehead atoms. The predicted octanol–water partition coefficient (Wildman–Crippen LogP) is 1.77. The van der Waals surface area contributed by atoms with Crippen LogP contribution in [0.2, 0.25) is 0 Å². The van der Waals surface area contributed by atoms with Gasteiger partial charge in [0.1, 0.15) is 5.82 Å². The van der Waals surface area contributed by atoms with Crippen molar-refractivity contribution in [3.05, 3.63) is 34.9 Å². The maximum atomic E-state index is 5.47. The van der Waals surface area contributed by atoms with Gasteiger partial charge in [0.05, 0.1) is 20.8 Å². The van der Waals surface area contributed by atoms with E-state index in [4.69, 9.17) is 9.47 Å². The molecule has 8 nitrogen and oxygen atoms in total. The fourth-order valence-electron chi connectivity index (χ4n) is 4.05. The minimum Gasteiger partial charge on any atom is -0.493 e. The van der Waals surface area contributed by atoms with Gasteiger partial charge in [0, 0.05) is 33.1 Å². The van der Waals surface area contributed by atoms with Crippen molar-refractivity contribution in [3.8, 4) is 11.5 Å². The molecule has 0 saturated carbocycles. The number of benzene rings is 1. The van der Waals surface area contributed by atoms with Gasteiger partial charge in [-0.1, -0.05) is 0 Å². The van der Waals surface area contributed by atoms with E-state index in [1.165, 1.54) is 24.0 Å². The third kappa shape index (κ3) is 3.50. The van der Waals surface area contributed by atoms with Crippen LogP contribution in [0.25, 0.3) is 0 Å². The molecule has 1 aromatic carbocycles. The van der Waals surface area contributed by atoms with Crippen LogP contribution in [0.3, 0.4) is 0 Å². The van der Waals surface area contributed by atoms with E-state index in [0.29, 0.717) is 6.54 Å². The van der Waals surface area contributed by atoms with Crippen LogP contribution in [0.5, 0.6) is 11.5 Å². The van der Waals surface area contributed by atoms with Crippen LogP contribution in [0.4, 0.5) is 0 Å². The van der Waals surface area contributed by atoms with Gasteiger partial charge in [-0.05, 0) is 42.5 Å². The fourth-order valence-corrected chi connectivity index (χ4v) is 4.05. The summed E-state index contributed by atoms with van der Waals surface area (Å²) in [6, 6.07) is 4.16. The minimum atomic E-state index is 0.634. The average molecular weight is 384 g/mol. The van der Waals surface area contributed by atoms with Gasteiger partial charge in [0.25, 0.3) is 0 Å². The third-order valence-electron chi connectivity index (χ3n) is 5.57. The van der Waals surface area contributed by atoms with E-state index in [0.717, 1.165) is 61.6 Å². The van der Waals surface area contributed by atoms with E-state index < -0.39 is 0 Å². The highest BCUT2D eigenvalue weighted by atomic mass is 16.5. The molecular formula is C20H28N6O2. The molecule has 4 rings (SSSR count). The lowest BCUT2D eigenvalue weighted by Gasteiger charge is -2.32. The van der Waals surface area contributed by atoms with Crippen molar-refractivity contribution in [2.45, 2.75) is 45.3 Å². The Labute approximate surface area is 165 Å². The molecule has 0 aliphatic carbocycles. The number of guanidine groups is 1. The Morgan fingerprint density at radius 2 is 1.86 bits per heavy atom. The zero-order chi connectivity index (χ0) is 19.5. The molecular weight excluding hydrogens is 356 g/mol. The largest absolute Gasteiger partial charge is 0.493 e. The highest BCUT2D eigenvalue weighted by molar-refractivity contribution is 5.80. The first-order valence-corrected chi connectivity index (χ1v) is 9.83. The Balaban J connectivity index is 1.46. The van der Waals surface area contributed by atoms with Crippen LogP contribution < -0.4 is 14.8 Å². The number of rotatable bonds is 4. The maximum absolute atomic E-state index is 5.47. The summed E-state index contributed by atoms with van der Waals surface area (Å²) in [5, 5.41) is 12.2. The van der Waals surface area contributed by atoms with Gasteiger partial charge >= 0.3 is 0 Å². The molecule has 0 spiro atoms. The van der Waals surface area contributed by atoms with Crippen molar-refractivity contribution in [1.29, 1.82) is 0 Å². The second-order valence-corrected chi connectivity index (χ2v) is 7.19. The van der Waals surface area contributed by atoms with Crippen LogP contribution in [0.15, 0.2) is 17.1 Å². The summed E-state index contributed by atoms with van der Waals surface area (Å²) in [5.74, 6) is 4.52. The third-order valence-corrected chi connectivity index (χ3v) is 5.57. The number of methoxy groups -OCH3 is 2. The van der Waals surface area contributed by atoms with E-state index in [1.807, 2.05) is 7.05 Å². The first-order chi connectivity index (χ1) is 13.7. The summed E-state index contributed by atoms with van der Waals surface area (Å²) in [7, 11) is 5.17. The molecule has 1 N–H and O–H groups in total. The smallest absolute Gasteiger partial charge is 0.194 e. The Hall–Kier alpha value is -2.77. The normalized spacial score (nSPS) is 16.4. The molecule has 28 heavy (non-hydrogen) atoms. The first kappa shape index (κ1) is 18.6. The highest BCUT2D eigenvalue weighted by Gasteiger charge is 2.22. The summed E-state index contributed by atoms with van der Waals surface area (Å²) in [4.78, 5) is 6.76. The topological polar surface area (TPSA) is 76.8 Å². The zero-order valence-corrected chi connectivity index (χ0v) is 16.9. The Morgan fingerprint density at radius 1 is 1.07 bits per heavy atom. The lowest BCUT2D eigenvalue weighted by molar-refractivity contribution is 0.345. The van der Waals surface area contributed by atoms with Crippen molar-refractivity contribution in [2.75, 3.05) is 27.8 Å². The lowest BCUT2D eigenvalue weighted by Crippen LogP contribution is -2.44. The SMILES string of the molecule is CN=C(NCc1nnc2n1CCCC2)N1CCc2cc(OC)c(OC)cc2C1. The van der Waals surface area contributed by atoms with Crippen LogP contribution in [0.1, 0.15) is 35.6 Å². The molecule has 0 amide bonds. The number of nitrogens with zero attached hydrogens (tertiary/aromatic N) is 5. The second kappa shape index (κ2) is 8.08. The van der Waals surface area contributed by atoms with Crippen LogP contribution in [-0.2, 0) is 32.5 Å². The fraction of sp³-hybridized carbons (Fsp3) is 0.550. The number of aromatic nitrogens is 3. The Kier molecular flexibility index (Phi) is 5.36. The van der Waals surface area contributed by atoms with Gasteiger partial charge in [-0.25, -0.2) is 0 Å². The summed E-state index contributed by atoms with van der Waals surface area (Å²) in [6.45, 7) is 3.33. The van der Waals surface area contributed by atoms with E-state index in [-0.39, 0.29) is 0 Å². The molecule has 0 atom stereocenters. The molecule has 8 heteroatoms. The van der Waals surface area contributed by atoms with Crippen LogP contribution >= 0.6 is 0 Å². The highest BCUT2D eigenvalue weighted by Crippen LogP contribution is 2.33. The number of aryl methyl sites for hydroxylation is 1. The van der Waals surface area contributed by atoms with Gasteiger partial charge in [0.2, 0.25) is 0 Å². The summed E-state index contributed by atoms with van der Waals surface area (Å²) >= 11 is 0. The lowest BCUT2D eigenvalue weighted by atomic mass is 9.99. The summed E-state index contributed by atoms with van der Waals surface area (Å²) in [5.41, 5.74) is 2.54. The maximum Gasteiger partial charge on any atom is 0.194 e. The molecule has 0 saturated heterocycles. The van der Waals surface area contributed by atoms with Crippen molar-refractivity contribution < 1.29 is 9.47 Å². The number of aliphatic imine (C=N–C) groups is 1. The van der Waals surface area contributed by atoms with E-state index in [1.54, 1.807) is 14.2 Å². The van der Waals surface area contributed by atoms with Gasteiger partial charge in [-0.3, -0.25) is 4.99 Å². The quantitative estimate of drug-likeness (QED) is 0.640. The van der Waals surface area contributed by atoms with E-state index in [9.17, 15) is 0 Å². The van der Waals surface area contributed by atoms with Gasteiger partial charge in [-0.2, -0.15) is 0 Å². The monoisotopic (exact) mass is 384 g/mol. The molecule has 3 heterocycles. The molecule has 2 aromatic rings. The van der Waals surface area contributed by atoms with Crippen molar-refractivity contribution >= 4 is 5.96 Å². The van der Waals surface area contributed by atoms with Crippen molar-refractivity contribution in [2.24, 2.45) is 4.99 Å². The summed E-state index contributed by atoms with van der Waals surface area (Å²) in [6.07, 6.45) is 4.36. The average Bonchev–Trinajstić information content (AvgIpc) is 3.16. The molecule has 0 fully saturated rings. The zero-order valence-electron chi connectivity index (χ0n) is 16.9. The second-order valence-electron chi connectivity index (χ2n) is 7.19. The molecule has 0 radical (unpaired) electrons. The predicted molar refractivity (Wildman–Crippen MR) is 107 cm³/mol. The number of hydrogen-bond acceptors (Lipinski definition) is 5. The van der Waals surface area contributed by atoms with Crippen molar-refractivity contribution in [3.63, 3.8) is 0 Å². The number of hydrogen-bond donors (Lipinski definition) is 1. The van der Waals surface area contributed by atoms with E-state index >= 15 is 0 Å². The Bertz CT molecular complexity index is 876. The van der Waals surface area contributed by atoms with Gasteiger partial charge < -0.3 is 24.3 Å². The van der Waals surface area contributed by atoms with Crippen molar-refractivity contribution in [1.82, 2.24) is 25.0 Å². The number of nitrogens with one attached hydrogen (secondary N) is 1. The number of ether oxygens (including phenoxy) is 2. The number of fused-ring (bicyclic) bond motifs is 2. The standard InChI is InChI=1S/C20H28N6O2/c1-21-20(22-12-19-24-23-18-6-4-5-8-26(18)19)25-9-7-14-10-16(27-2)17(28-3)11-15(14)13-25/h10-11H,4-9,12-13H2,1-3H3,(H,21,22). The Morgan fingerprint density at radius 3 is 2.61 bits per heavy atom. The molecule has 150 valence electrons. The van der Waals surface area contributed by atoms with Crippen LogP contribution in [0, 0.1) is 0 Å². The van der Waals surface area contributed by atoms with E-state index in [2.05, 4.69) is 42.1 Å². The van der Waals surface area contributed by atoms with Crippen LogP contribution in [-0.4, -0.2) is 53.4 Å².